The Morgan fingerprint density at radius 3 is 2.53 bits per heavy atom. The highest BCUT2D eigenvalue weighted by molar-refractivity contribution is 7.53. The number of hydrogen-bond donors (Lipinski definition) is 1. The summed E-state index contributed by atoms with van der Waals surface area (Å²) in [5.41, 5.74) is 7.24. The zero-order valence-electron chi connectivity index (χ0n) is 20.5. The molecule has 0 aromatic carbocycles. The number of rotatable bonds is 8. The van der Waals surface area contributed by atoms with Crippen LogP contribution < -0.4 is 5.73 Å². The summed E-state index contributed by atoms with van der Waals surface area (Å²) >= 11 is 6.14. The van der Waals surface area contributed by atoms with Gasteiger partial charge in [0, 0.05) is 23.5 Å². The first-order chi connectivity index (χ1) is 15.8. The lowest BCUT2D eigenvalue weighted by atomic mass is 9.84. The van der Waals surface area contributed by atoms with Gasteiger partial charge in [-0.1, -0.05) is 0 Å². The summed E-state index contributed by atoms with van der Waals surface area (Å²) in [6.07, 6.45) is 3.24. The molecule has 1 aromatic rings. The molecule has 0 spiro atoms. The number of hydrogen-bond acceptors (Lipinski definition) is 9. The lowest BCUT2D eigenvalue weighted by molar-refractivity contribution is -0.162. The average Bonchev–Trinajstić information content (AvgIpc) is 2.95. The van der Waals surface area contributed by atoms with E-state index in [2.05, 4.69) is 15.0 Å². The van der Waals surface area contributed by atoms with E-state index in [0.717, 1.165) is 12.1 Å². The molecule has 1 saturated heterocycles. The molecule has 0 amide bonds. The lowest BCUT2D eigenvalue weighted by Crippen LogP contribution is -2.33. The minimum absolute atomic E-state index is 0.0946. The summed E-state index contributed by atoms with van der Waals surface area (Å²) in [4.78, 5) is 13.1. The summed E-state index contributed by atoms with van der Waals surface area (Å²) < 4.78 is 38.1. The molecule has 0 radical (unpaired) electrons. The number of aromatic nitrogens is 2. The zero-order chi connectivity index (χ0) is 24.6. The van der Waals surface area contributed by atoms with E-state index < -0.39 is 13.4 Å². The molecule has 5 rings (SSSR count). The zero-order valence-corrected chi connectivity index (χ0v) is 22.2. The molecule has 6 atom stereocenters. The van der Waals surface area contributed by atoms with Crippen molar-refractivity contribution in [2.24, 2.45) is 22.2 Å². The summed E-state index contributed by atoms with van der Waals surface area (Å²) in [7, 11) is -3.26. The lowest BCUT2D eigenvalue weighted by Gasteiger charge is -2.27. The Morgan fingerprint density at radius 2 is 1.88 bits per heavy atom. The number of halogens is 1. The Morgan fingerprint density at radius 1 is 1.21 bits per heavy atom. The third-order valence-corrected chi connectivity index (χ3v) is 9.74. The third kappa shape index (κ3) is 4.12. The standard InChI is InChI=1S/C23H34ClN4O5P/c1-11(2)32-34(29,33-12(3)4)8-7-23-9-14(23)15(18-19(23)31-22(5,6)30-18)13-10-26-17-16(13)27-21(24)28-20(17)25/h10-15,18-19H,7-9H2,1-6H3,(H2,25,27,28)/t13?,14-,15-,18+,19+,23+/m1/s1. The van der Waals surface area contributed by atoms with Gasteiger partial charge in [-0.25, -0.2) is 4.98 Å². The van der Waals surface area contributed by atoms with Gasteiger partial charge in [0.15, 0.2) is 11.6 Å². The molecule has 1 unspecified atom stereocenters. The smallest absolute Gasteiger partial charge is 0.331 e. The van der Waals surface area contributed by atoms with Crippen LogP contribution in [0.1, 0.15) is 66.0 Å². The average molecular weight is 513 g/mol. The van der Waals surface area contributed by atoms with Crippen molar-refractivity contribution in [2.45, 2.75) is 90.5 Å². The molecule has 9 nitrogen and oxygen atoms in total. The van der Waals surface area contributed by atoms with Crippen molar-refractivity contribution in [3.05, 3.63) is 11.0 Å². The topological polar surface area (TPSA) is 118 Å². The fraction of sp³-hybridized carbons (Fsp3) is 0.783. The quantitative estimate of drug-likeness (QED) is 0.377. The monoisotopic (exact) mass is 512 g/mol. The van der Waals surface area contributed by atoms with Crippen molar-refractivity contribution in [1.29, 1.82) is 0 Å². The first-order valence-corrected chi connectivity index (χ1v) is 14.1. The maximum absolute atomic E-state index is 13.6. The summed E-state index contributed by atoms with van der Waals surface area (Å²) in [5, 5.41) is 0.116. The molecule has 2 aliphatic heterocycles. The first-order valence-electron chi connectivity index (χ1n) is 12.0. The van der Waals surface area contributed by atoms with Crippen LogP contribution in [0.2, 0.25) is 5.28 Å². The summed E-state index contributed by atoms with van der Waals surface area (Å²) in [6.45, 7) is 11.4. The highest BCUT2D eigenvalue weighted by Gasteiger charge is 2.76. The molecule has 1 aromatic heterocycles. The summed E-state index contributed by atoms with van der Waals surface area (Å²) in [5.74, 6) is -0.113. The second-order valence-electron chi connectivity index (χ2n) is 11.0. The van der Waals surface area contributed by atoms with E-state index in [-0.39, 0.29) is 52.8 Å². The van der Waals surface area contributed by atoms with Crippen LogP contribution in [0.3, 0.4) is 0 Å². The molecule has 2 saturated carbocycles. The minimum atomic E-state index is -3.26. The van der Waals surface area contributed by atoms with Gasteiger partial charge in [-0.05, 0) is 71.9 Å². The molecule has 3 fully saturated rings. The van der Waals surface area contributed by atoms with Gasteiger partial charge in [-0.2, -0.15) is 4.98 Å². The van der Waals surface area contributed by atoms with E-state index in [9.17, 15) is 4.57 Å². The number of fused-ring (bicyclic) bond motifs is 4. The summed E-state index contributed by atoms with van der Waals surface area (Å²) in [6, 6.07) is 0. The normalized spacial score (nSPS) is 35.1. The van der Waals surface area contributed by atoms with E-state index in [0.29, 0.717) is 24.2 Å². The Hall–Kier alpha value is -1.09. The van der Waals surface area contributed by atoms with Gasteiger partial charge in [0.2, 0.25) is 5.28 Å². The molecular weight excluding hydrogens is 479 g/mol. The molecule has 34 heavy (non-hydrogen) atoms. The van der Waals surface area contributed by atoms with Crippen molar-refractivity contribution >= 4 is 36.9 Å². The second kappa shape index (κ2) is 8.22. The maximum atomic E-state index is 13.6. The van der Waals surface area contributed by atoms with Crippen molar-refractivity contribution in [3.63, 3.8) is 0 Å². The van der Waals surface area contributed by atoms with E-state index in [1.165, 1.54) is 0 Å². The van der Waals surface area contributed by atoms with Gasteiger partial charge in [-0.15, -0.1) is 0 Å². The van der Waals surface area contributed by atoms with Crippen molar-refractivity contribution < 1.29 is 23.1 Å². The number of anilines is 1. The van der Waals surface area contributed by atoms with Crippen LogP contribution in [0.15, 0.2) is 4.99 Å². The predicted octanol–water partition coefficient (Wildman–Crippen LogP) is 5.10. The predicted molar refractivity (Wildman–Crippen MR) is 130 cm³/mol. The molecular formula is C23H34ClN4O5P. The highest BCUT2D eigenvalue weighted by Crippen LogP contribution is 2.75. The van der Waals surface area contributed by atoms with Crippen LogP contribution >= 0.6 is 19.2 Å². The molecule has 11 heteroatoms. The third-order valence-electron chi connectivity index (χ3n) is 7.32. The number of aliphatic imine (C=N–C) groups is 1. The Balaban J connectivity index is 1.43. The molecule has 3 heterocycles. The van der Waals surface area contributed by atoms with Gasteiger partial charge < -0.3 is 24.3 Å². The van der Waals surface area contributed by atoms with Gasteiger partial charge >= 0.3 is 7.60 Å². The second-order valence-corrected chi connectivity index (χ2v) is 13.4. The highest BCUT2D eigenvalue weighted by atomic mass is 35.5. The van der Waals surface area contributed by atoms with Crippen molar-refractivity contribution in [1.82, 2.24) is 9.97 Å². The first kappa shape index (κ1) is 24.6. The number of nitrogen functional groups attached to an aromatic ring is 1. The van der Waals surface area contributed by atoms with E-state index in [1.807, 2.05) is 47.8 Å². The largest absolute Gasteiger partial charge is 0.382 e. The minimum Gasteiger partial charge on any atom is -0.382 e. The van der Waals surface area contributed by atoms with Crippen LogP contribution in [-0.4, -0.2) is 52.5 Å². The van der Waals surface area contributed by atoms with Crippen LogP contribution in [-0.2, 0) is 23.1 Å². The molecule has 0 bridgehead atoms. The molecule has 2 N–H and O–H groups in total. The van der Waals surface area contributed by atoms with Crippen LogP contribution in [0.5, 0.6) is 0 Å². The Bertz CT molecular complexity index is 1050. The van der Waals surface area contributed by atoms with Crippen molar-refractivity contribution in [2.75, 3.05) is 11.9 Å². The Labute approximate surface area is 205 Å². The van der Waals surface area contributed by atoms with Crippen LogP contribution in [0.25, 0.3) is 0 Å². The van der Waals surface area contributed by atoms with E-state index in [1.54, 1.807) is 0 Å². The van der Waals surface area contributed by atoms with Crippen molar-refractivity contribution in [3.8, 4) is 0 Å². The number of ether oxygens (including phenoxy) is 2. The van der Waals surface area contributed by atoms with Gasteiger partial charge in [0.1, 0.15) is 5.69 Å². The SMILES string of the molecule is CC(C)OP(=O)(CC[C@]12C[C@@H]1[C@@H](C1C=Nc3c(N)nc(Cl)nc31)[C@@H]1OC(C)(C)O[C@@H]12)OC(C)C. The number of nitrogens with zero attached hydrogens (tertiary/aromatic N) is 3. The Kier molecular flexibility index (Phi) is 5.95. The maximum Gasteiger partial charge on any atom is 0.331 e. The van der Waals surface area contributed by atoms with Gasteiger partial charge in [0.05, 0.1) is 36.3 Å². The fourth-order valence-corrected chi connectivity index (χ4v) is 8.69. The molecule has 4 aliphatic rings. The molecule has 188 valence electrons. The van der Waals surface area contributed by atoms with Gasteiger partial charge in [0.25, 0.3) is 0 Å². The van der Waals surface area contributed by atoms with Gasteiger partial charge in [-0.3, -0.25) is 9.56 Å². The van der Waals surface area contributed by atoms with Crippen LogP contribution in [0.4, 0.5) is 11.5 Å². The van der Waals surface area contributed by atoms with E-state index in [4.69, 9.17) is 35.9 Å². The van der Waals surface area contributed by atoms with E-state index >= 15 is 0 Å². The molecule has 2 aliphatic carbocycles. The fourth-order valence-electron chi connectivity index (χ4n) is 6.28. The number of nitrogens with two attached hydrogens (primary N) is 1. The van der Waals surface area contributed by atoms with Crippen LogP contribution in [0, 0.1) is 17.3 Å².